The number of carbonyl (C=O) groups is 3. The van der Waals surface area contributed by atoms with Crippen LogP contribution in [0.1, 0.15) is 48.8 Å². The summed E-state index contributed by atoms with van der Waals surface area (Å²) in [6, 6.07) is 13.6. The Morgan fingerprint density at radius 1 is 0.938 bits per heavy atom. The van der Waals surface area contributed by atoms with E-state index in [4.69, 9.17) is 11.6 Å². The number of anilines is 2. The third kappa shape index (κ3) is 4.69. The molecule has 0 atom stereocenters. The average molecular weight is 468 g/mol. The Hall–Kier alpha value is -3.16. The highest BCUT2D eigenvalue weighted by Gasteiger charge is 2.24. The molecule has 0 saturated carbocycles. The van der Waals surface area contributed by atoms with E-state index in [0.717, 1.165) is 31.5 Å². The molecule has 0 aliphatic carbocycles. The Bertz CT molecular complexity index is 1170. The summed E-state index contributed by atoms with van der Waals surface area (Å²) in [6.07, 6.45) is 1.98. The highest BCUT2D eigenvalue weighted by atomic mass is 35.5. The van der Waals surface area contributed by atoms with Crippen LogP contribution < -0.4 is 10.6 Å². The molecule has 1 aromatic heterocycles. The van der Waals surface area contributed by atoms with Gasteiger partial charge in [0.1, 0.15) is 0 Å². The maximum Gasteiger partial charge on any atom is 0.265 e. The van der Waals surface area contributed by atoms with Crippen LogP contribution >= 0.6 is 22.9 Å². The zero-order chi connectivity index (χ0) is 22.7. The Balaban J connectivity index is 1.56. The topological polar surface area (TPSA) is 78.5 Å². The first-order valence-corrected chi connectivity index (χ1v) is 11.5. The van der Waals surface area contributed by atoms with Gasteiger partial charge in [-0.3, -0.25) is 14.4 Å². The zero-order valence-corrected chi connectivity index (χ0v) is 19.1. The van der Waals surface area contributed by atoms with Crippen molar-refractivity contribution in [2.24, 2.45) is 0 Å². The molecule has 1 saturated heterocycles. The molecular weight excluding hydrogens is 446 g/mol. The van der Waals surface area contributed by atoms with Crippen LogP contribution in [0.2, 0.25) is 5.02 Å². The number of amides is 3. The van der Waals surface area contributed by atoms with Gasteiger partial charge in [-0.2, -0.15) is 0 Å². The van der Waals surface area contributed by atoms with Gasteiger partial charge < -0.3 is 15.5 Å². The standard InChI is InChI=1S/C24H22ClN3O3S/c1-15-6-4-7-18(21(15)24(31)28-11-2-3-12-28)26-22(29)16-9-10-17(25)19(14-16)27-23(30)20-8-5-13-32-20/h4-10,13-14H,2-3,11-12H2,1H3,(H,26,29)(H,27,30). The van der Waals surface area contributed by atoms with Gasteiger partial charge in [-0.25, -0.2) is 0 Å². The predicted molar refractivity (Wildman–Crippen MR) is 128 cm³/mol. The molecule has 3 aromatic rings. The first kappa shape index (κ1) is 22.0. The van der Waals surface area contributed by atoms with E-state index >= 15 is 0 Å². The number of hydrogen-bond acceptors (Lipinski definition) is 4. The van der Waals surface area contributed by atoms with Crippen LogP contribution in [0.4, 0.5) is 11.4 Å². The van der Waals surface area contributed by atoms with Crippen molar-refractivity contribution in [3.63, 3.8) is 0 Å². The molecule has 32 heavy (non-hydrogen) atoms. The first-order valence-electron chi connectivity index (χ1n) is 10.3. The lowest BCUT2D eigenvalue weighted by Crippen LogP contribution is -2.29. The predicted octanol–water partition coefficient (Wildman–Crippen LogP) is 5.45. The number of halogens is 1. The van der Waals surface area contributed by atoms with Crippen molar-refractivity contribution in [1.82, 2.24) is 4.90 Å². The van der Waals surface area contributed by atoms with Gasteiger partial charge >= 0.3 is 0 Å². The number of aryl methyl sites for hydroxylation is 1. The lowest BCUT2D eigenvalue weighted by atomic mass is 10.0. The Labute approximate surface area is 195 Å². The van der Waals surface area contributed by atoms with Crippen molar-refractivity contribution < 1.29 is 14.4 Å². The molecule has 8 heteroatoms. The normalized spacial score (nSPS) is 13.1. The van der Waals surface area contributed by atoms with Gasteiger partial charge in [-0.1, -0.05) is 29.8 Å². The van der Waals surface area contributed by atoms with Crippen LogP contribution in [0.5, 0.6) is 0 Å². The summed E-state index contributed by atoms with van der Waals surface area (Å²) in [5.41, 5.74) is 2.43. The molecule has 2 heterocycles. The number of rotatable bonds is 5. The molecule has 2 aromatic carbocycles. The van der Waals surface area contributed by atoms with Crippen LogP contribution in [-0.4, -0.2) is 35.7 Å². The lowest BCUT2D eigenvalue weighted by molar-refractivity contribution is 0.0793. The molecule has 3 amide bonds. The Kier molecular flexibility index (Phi) is 6.58. The minimum absolute atomic E-state index is 0.0732. The Morgan fingerprint density at radius 3 is 2.41 bits per heavy atom. The van der Waals surface area contributed by atoms with Crippen molar-refractivity contribution in [3.05, 3.63) is 80.5 Å². The van der Waals surface area contributed by atoms with Crippen molar-refractivity contribution in [2.75, 3.05) is 23.7 Å². The summed E-state index contributed by atoms with van der Waals surface area (Å²) in [4.78, 5) is 40.8. The van der Waals surface area contributed by atoms with Crippen molar-refractivity contribution in [1.29, 1.82) is 0 Å². The molecule has 1 aliphatic rings. The highest BCUT2D eigenvalue weighted by molar-refractivity contribution is 7.12. The largest absolute Gasteiger partial charge is 0.339 e. The van der Waals surface area contributed by atoms with Gasteiger partial charge in [0.05, 0.1) is 26.8 Å². The molecule has 0 unspecified atom stereocenters. The average Bonchev–Trinajstić information content (AvgIpc) is 3.49. The van der Waals surface area contributed by atoms with Gasteiger partial charge in [0.25, 0.3) is 17.7 Å². The fourth-order valence-electron chi connectivity index (χ4n) is 3.68. The molecule has 164 valence electrons. The molecule has 0 radical (unpaired) electrons. The van der Waals surface area contributed by atoms with E-state index in [-0.39, 0.29) is 11.8 Å². The minimum atomic E-state index is -0.394. The van der Waals surface area contributed by atoms with Gasteiger partial charge in [-0.15, -0.1) is 11.3 Å². The molecule has 4 rings (SSSR count). The molecule has 0 spiro atoms. The van der Waals surface area contributed by atoms with Crippen LogP contribution in [0.15, 0.2) is 53.9 Å². The minimum Gasteiger partial charge on any atom is -0.339 e. The quantitative estimate of drug-likeness (QED) is 0.523. The highest BCUT2D eigenvalue weighted by Crippen LogP contribution is 2.27. The molecule has 1 fully saturated rings. The SMILES string of the molecule is Cc1cccc(NC(=O)c2ccc(Cl)c(NC(=O)c3cccs3)c2)c1C(=O)N1CCCC1. The first-order chi connectivity index (χ1) is 15.4. The molecule has 6 nitrogen and oxygen atoms in total. The van der Waals surface area contributed by atoms with E-state index in [1.165, 1.54) is 17.4 Å². The summed E-state index contributed by atoms with van der Waals surface area (Å²) >= 11 is 7.55. The number of likely N-dealkylation sites (tertiary alicyclic amines) is 1. The molecular formula is C24H22ClN3O3S. The van der Waals surface area contributed by atoms with Gasteiger partial charge in [0.2, 0.25) is 0 Å². The summed E-state index contributed by atoms with van der Waals surface area (Å²) in [6.45, 7) is 3.32. The van der Waals surface area contributed by atoms with E-state index in [2.05, 4.69) is 10.6 Å². The van der Waals surface area contributed by atoms with Gasteiger partial charge in [-0.05, 0) is 61.0 Å². The van der Waals surface area contributed by atoms with E-state index in [1.807, 2.05) is 23.3 Å². The second-order valence-corrected chi connectivity index (χ2v) is 8.93. The van der Waals surface area contributed by atoms with Gasteiger partial charge in [0, 0.05) is 18.7 Å². The summed E-state index contributed by atoms with van der Waals surface area (Å²) in [5.74, 6) is -0.762. The summed E-state index contributed by atoms with van der Waals surface area (Å²) in [7, 11) is 0. The van der Waals surface area contributed by atoms with Crippen LogP contribution in [0.3, 0.4) is 0 Å². The lowest BCUT2D eigenvalue weighted by Gasteiger charge is -2.20. The zero-order valence-electron chi connectivity index (χ0n) is 17.5. The van der Waals surface area contributed by atoms with Crippen molar-refractivity contribution in [3.8, 4) is 0 Å². The maximum absolute atomic E-state index is 13.0. The molecule has 1 aliphatic heterocycles. The molecule has 0 bridgehead atoms. The third-order valence-corrected chi connectivity index (χ3v) is 6.55. The fraction of sp³-hybridized carbons (Fsp3) is 0.208. The number of nitrogens with one attached hydrogen (secondary N) is 2. The smallest absolute Gasteiger partial charge is 0.265 e. The number of benzene rings is 2. The van der Waals surface area contributed by atoms with Crippen LogP contribution in [-0.2, 0) is 0 Å². The number of hydrogen-bond donors (Lipinski definition) is 2. The third-order valence-electron chi connectivity index (χ3n) is 5.35. The number of nitrogens with zero attached hydrogens (tertiary/aromatic N) is 1. The van der Waals surface area contributed by atoms with Crippen molar-refractivity contribution in [2.45, 2.75) is 19.8 Å². The van der Waals surface area contributed by atoms with E-state index < -0.39 is 5.91 Å². The van der Waals surface area contributed by atoms with E-state index in [1.54, 1.807) is 36.4 Å². The summed E-state index contributed by atoms with van der Waals surface area (Å²) in [5, 5.41) is 7.74. The van der Waals surface area contributed by atoms with E-state index in [9.17, 15) is 14.4 Å². The number of carbonyl (C=O) groups excluding carboxylic acids is 3. The van der Waals surface area contributed by atoms with Crippen molar-refractivity contribution >= 4 is 52.0 Å². The second-order valence-electron chi connectivity index (χ2n) is 7.58. The Morgan fingerprint density at radius 2 is 1.69 bits per heavy atom. The summed E-state index contributed by atoms with van der Waals surface area (Å²) < 4.78 is 0. The maximum atomic E-state index is 13.0. The van der Waals surface area contributed by atoms with Crippen LogP contribution in [0, 0.1) is 6.92 Å². The fourth-order valence-corrected chi connectivity index (χ4v) is 4.47. The van der Waals surface area contributed by atoms with E-state index in [0.29, 0.717) is 32.4 Å². The molecule has 2 N–H and O–H groups in total. The van der Waals surface area contributed by atoms with Crippen LogP contribution in [0.25, 0.3) is 0 Å². The van der Waals surface area contributed by atoms with Gasteiger partial charge in [0.15, 0.2) is 0 Å². The second kappa shape index (κ2) is 9.54. The number of thiophene rings is 1. The monoisotopic (exact) mass is 467 g/mol.